The van der Waals surface area contributed by atoms with Crippen molar-refractivity contribution in [3.63, 3.8) is 0 Å². The fourth-order valence-corrected chi connectivity index (χ4v) is 2.61. The molecule has 32 heavy (non-hydrogen) atoms. The van der Waals surface area contributed by atoms with Crippen molar-refractivity contribution >= 4 is 16.3 Å². The second kappa shape index (κ2) is 13.6. The van der Waals surface area contributed by atoms with Gasteiger partial charge in [0.25, 0.3) is 0 Å². The number of amides is 1. The van der Waals surface area contributed by atoms with Gasteiger partial charge in [0, 0.05) is 6.92 Å². The quantitative estimate of drug-likeness (QED) is 0.161. The Hall–Kier alpha value is -1.10. The monoisotopic (exact) mass is 498 g/mol. The van der Waals surface area contributed by atoms with Crippen LogP contribution in [0.25, 0.3) is 0 Å². The lowest BCUT2D eigenvalue weighted by Gasteiger charge is -2.40. The second-order valence-corrected chi connectivity index (χ2v) is 7.60. The number of hydrogen-bond acceptors (Lipinski definition) is 14. The highest BCUT2D eigenvalue weighted by atomic mass is 32.3. The summed E-state index contributed by atoms with van der Waals surface area (Å²) in [6, 6.07) is -2.14. The van der Waals surface area contributed by atoms with Crippen molar-refractivity contribution in [3.05, 3.63) is 0 Å². The predicted octanol–water partition coefficient (Wildman–Crippen LogP) is -6.99. The molecule has 1 amide bonds. The predicted molar refractivity (Wildman–Crippen MR) is 99.7 cm³/mol. The molecular formula is C14H30N2O15S. The van der Waals surface area contributed by atoms with E-state index in [-0.39, 0.29) is 0 Å². The number of carbonyl (C=O) groups excluding carboxylic acids is 1. The van der Waals surface area contributed by atoms with E-state index in [4.69, 9.17) is 48.1 Å². The van der Waals surface area contributed by atoms with Crippen LogP contribution in [-0.4, -0.2) is 139 Å². The maximum absolute atomic E-state index is 10.7. The van der Waals surface area contributed by atoms with Crippen LogP contribution in [0.2, 0.25) is 0 Å². The minimum Gasteiger partial charge on any atom is -0.394 e. The van der Waals surface area contributed by atoms with Crippen molar-refractivity contribution in [2.24, 2.45) is 5.73 Å². The number of aliphatic hydroxyl groups is 8. The third-order valence-corrected chi connectivity index (χ3v) is 4.22. The molecule has 0 aromatic carbocycles. The van der Waals surface area contributed by atoms with Crippen LogP contribution >= 0.6 is 0 Å². The van der Waals surface area contributed by atoms with Gasteiger partial charge in [0.05, 0.1) is 19.3 Å². The first-order valence-corrected chi connectivity index (χ1v) is 10.3. The molecule has 2 aliphatic heterocycles. The van der Waals surface area contributed by atoms with Crippen molar-refractivity contribution in [1.29, 1.82) is 0 Å². The SMILES string of the molecule is CC(=O)N[C@H]1C(O)O[C@H](CO)[C@@H](O)[C@@H]1O.N[C@H]1C(O)O[C@H](CO)[C@@H](O)[C@@H]1O.O=S(=O)(O)O. The molecule has 2 saturated heterocycles. The van der Waals surface area contributed by atoms with E-state index in [2.05, 4.69) is 5.32 Å². The topological polar surface area (TPSA) is 310 Å². The lowest BCUT2D eigenvalue weighted by atomic mass is 9.97. The molecule has 2 rings (SSSR count). The molecular weight excluding hydrogens is 468 g/mol. The molecule has 0 radical (unpaired) electrons. The van der Waals surface area contributed by atoms with Gasteiger partial charge in [0.2, 0.25) is 5.91 Å². The van der Waals surface area contributed by atoms with Gasteiger partial charge >= 0.3 is 10.4 Å². The summed E-state index contributed by atoms with van der Waals surface area (Å²) in [5.74, 6) is -0.462. The minimum absolute atomic E-state index is 0.462. The number of hydrogen-bond donors (Lipinski definition) is 12. The van der Waals surface area contributed by atoms with E-state index in [9.17, 15) is 30.3 Å². The number of aliphatic hydroxyl groups excluding tert-OH is 8. The molecule has 13 N–H and O–H groups in total. The van der Waals surface area contributed by atoms with Gasteiger partial charge in [-0.15, -0.1) is 0 Å². The van der Waals surface area contributed by atoms with Crippen LogP contribution < -0.4 is 11.1 Å². The molecule has 10 atom stereocenters. The highest BCUT2D eigenvalue weighted by Crippen LogP contribution is 2.19. The Balaban J connectivity index is 0.000000505. The summed E-state index contributed by atoms with van der Waals surface area (Å²) in [5, 5.41) is 75.5. The summed E-state index contributed by atoms with van der Waals surface area (Å²) in [6.45, 7) is 0.216. The molecule has 2 fully saturated rings. The van der Waals surface area contributed by atoms with Gasteiger partial charge in [-0.1, -0.05) is 0 Å². The number of carbonyl (C=O) groups is 1. The zero-order valence-electron chi connectivity index (χ0n) is 16.7. The standard InChI is InChI=1S/C8H15NO6.C6H13NO5.H2O4S/c1-3(11)9-5-7(13)6(12)4(2-10)15-8(5)14;7-3-5(10)4(9)2(1-8)12-6(3)11;1-5(2,3)4/h4-8,10,12-14H,2H2,1H3,(H,9,11);2-6,8-11H,1,7H2;(H2,1,2,3,4)/t4-,5-,6-,7-,8?;2-,3-,4-,5-,6?;/m11./s1. The van der Waals surface area contributed by atoms with E-state index >= 15 is 0 Å². The molecule has 0 aromatic rings. The van der Waals surface area contributed by atoms with Gasteiger partial charge in [-0.3, -0.25) is 13.9 Å². The number of nitrogens with one attached hydrogen (secondary N) is 1. The van der Waals surface area contributed by atoms with Crippen LogP contribution in [0.15, 0.2) is 0 Å². The van der Waals surface area contributed by atoms with Gasteiger partial charge in [0.1, 0.15) is 42.7 Å². The van der Waals surface area contributed by atoms with Crippen molar-refractivity contribution in [2.75, 3.05) is 13.2 Å². The highest BCUT2D eigenvalue weighted by Gasteiger charge is 2.44. The normalized spacial score (nSPS) is 39.6. The van der Waals surface area contributed by atoms with Gasteiger partial charge in [-0.2, -0.15) is 8.42 Å². The fourth-order valence-electron chi connectivity index (χ4n) is 2.61. The van der Waals surface area contributed by atoms with E-state index in [0.717, 1.165) is 0 Å². The van der Waals surface area contributed by atoms with E-state index in [1.807, 2.05) is 0 Å². The molecule has 0 aliphatic carbocycles. The molecule has 0 bridgehead atoms. The van der Waals surface area contributed by atoms with Gasteiger partial charge in [0.15, 0.2) is 12.6 Å². The summed E-state index contributed by atoms with van der Waals surface area (Å²) in [4.78, 5) is 10.7. The molecule has 2 heterocycles. The van der Waals surface area contributed by atoms with Crippen LogP contribution in [0.4, 0.5) is 0 Å². The first-order valence-electron chi connectivity index (χ1n) is 8.88. The van der Waals surface area contributed by atoms with Crippen molar-refractivity contribution in [3.8, 4) is 0 Å². The number of rotatable bonds is 3. The summed E-state index contributed by atoms with van der Waals surface area (Å²) in [6.07, 6.45) is -10.1. The Morgan fingerprint density at radius 3 is 1.59 bits per heavy atom. The molecule has 2 unspecified atom stereocenters. The first kappa shape index (κ1) is 30.9. The molecule has 18 heteroatoms. The molecule has 0 aromatic heterocycles. The van der Waals surface area contributed by atoms with Crippen LogP contribution in [0.1, 0.15) is 6.92 Å². The molecule has 2 aliphatic rings. The van der Waals surface area contributed by atoms with E-state index in [0.29, 0.717) is 0 Å². The van der Waals surface area contributed by atoms with E-state index in [1.165, 1.54) is 6.92 Å². The third-order valence-electron chi connectivity index (χ3n) is 4.22. The Kier molecular flexibility index (Phi) is 13.1. The Bertz CT molecular complexity index is 654. The smallest absolute Gasteiger partial charge is 0.394 e. The van der Waals surface area contributed by atoms with Crippen molar-refractivity contribution in [1.82, 2.24) is 5.32 Å². The Morgan fingerprint density at radius 1 is 0.844 bits per heavy atom. The Labute approximate surface area is 182 Å². The van der Waals surface area contributed by atoms with Gasteiger partial charge < -0.3 is 61.4 Å². The molecule has 17 nitrogen and oxygen atoms in total. The van der Waals surface area contributed by atoms with E-state index in [1.54, 1.807) is 0 Å². The largest absolute Gasteiger partial charge is 0.394 e. The highest BCUT2D eigenvalue weighted by molar-refractivity contribution is 7.79. The van der Waals surface area contributed by atoms with Crippen LogP contribution in [0.3, 0.4) is 0 Å². The minimum atomic E-state index is -4.67. The van der Waals surface area contributed by atoms with E-state index < -0.39 is 90.8 Å². The van der Waals surface area contributed by atoms with Crippen LogP contribution in [0, 0.1) is 0 Å². The van der Waals surface area contributed by atoms with Crippen molar-refractivity contribution in [2.45, 2.75) is 68.2 Å². The summed E-state index contributed by atoms with van der Waals surface area (Å²) in [7, 11) is -4.67. The summed E-state index contributed by atoms with van der Waals surface area (Å²) < 4.78 is 41.1. The zero-order valence-corrected chi connectivity index (χ0v) is 17.5. The molecule has 192 valence electrons. The number of nitrogens with two attached hydrogens (primary N) is 1. The lowest BCUT2D eigenvalue weighted by Crippen LogP contribution is -2.63. The second-order valence-electron chi connectivity index (χ2n) is 6.71. The first-order chi connectivity index (χ1) is 14.5. The average Bonchev–Trinajstić information content (AvgIpc) is 2.68. The Morgan fingerprint density at radius 2 is 1.22 bits per heavy atom. The summed E-state index contributed by atoms with van der Waals surface area (Å²) >= 11 is 0. The van der Waals surface area contributed by atoms with Gasteiger partial charge in [-0.25, -0.2) is 0 Å². The third kappa shape index (κ3) is 10.2. The number of ether oxygens (including phenoxy) is 2. The summed E-state index contributed by atoms with van der Waals surface area (Å²) in [5.41, 5.74) is 5.26. The van der Waals surface area contributed by atoms with Crippen LogP contribution in [0.5, 0.6) is 0 Å². The molecule has 0 spiro atoms. The van der Waals surface area contributed by atoms with Crippen LogP contribution in [-0.2, 0) is 24.7 Å². The molecule has 0 saturated carbocycles. The van der Waals surface area contributed by atoms with Crippen molar-refractivity contribution < 1.29 is 72.6 Å². The average molecular weight is 498 g/mol. The maximum atomic E-state index is 10.7. The lowest BCUT2D eigenvalue weighted by molar-refractivity contribution is -0.253. The van der Waals surface area contributed by atoms with Gasteiger partial charge in [-0.05, 0) is 0 Å². The maximum Gasteiger partial charge on any atom is 0.394 e. The zero-order chi connectivity index (χ0) is 25.4. The fraction of sp³-hybridized carbons (Fsp3) is 0.929.